The van der Waals surface area contributed by atoms with Crippen molar-refractivity contribution in [2.75, 3.05) is 19.7 Å². The number of aliphatic hydroxyl groups excluding tert-OH is 1. The maximum absolute atomic E-state index is 11.9. The molecule has 0 spiro atoms. The lowest BCUT2D eigenvalue weighted by atomic mass is 10.1. The third-order valence-electron chi connectivity index (χ3n) is 3.12. The van der Waals surface area contributed by atoms with Gasteiger partial charge in [0.2, 0.25) is 0 Å². The smallest absolute Gasteiger partial charge is 0.317 e. The number of hydrogen-bond acceptors (Lipinski definition) is 3. The Hall–Kier alpha value is -1.56. The first-order valence-electron chi connectivity index (χ1n) is 6.08. The number of urea groups is 1. The van der Waals surface area contributed by atoms with Gasteiger partial charge >= 0.3 is 12.0 Å². The molecule has 2 atom stereocenters. The summed E-state index contributed by atoms with van der Waals surface area (Å²) in [5.74, 6) is -1.16. The lowest BCUT2D eigenvalue weighted by Crippen LogP contribution is -2.45. The number of carboxylic acids is 1. The van der Waals surface area contributed by atoms with Crippen LogP contribution >= 0.6 is 0 Å². The highest BCUT2D eigenvalue weighted by Gasteiger charge is 2.31. The average molecular weight is 256 g/mol. The molecule has 0 aromatic heterocycles. The van der Waals surface area contributed by atoms with E-state index < -0.39 is 5.97 Å². The van der Waals surface area contributed by atoms with Gasteiger partial charge in [-0.2, -0.15) is 0 Å². The second-order valence-corrected chi connectivity index (χ2v) is 4.45. The fourth-order valence-corrected chi connectivity index (χ4v) is 2.16. The minimum Gasteiger partial charge on any atom is -0.481 e. The molecular weight excluding hydrogens is 236 g/mol. The van der Waals surface area contributed by atoms with E-state index in [4.69, 9.17) is 10.2 Å². The summed E-state index contributed by atoms with van der Waals surface area (Å²) in [5.41, 5.74) is 0. The number of aliphatic carboxylic acids is 1. The molecule has 2 amide bonds. The van der Waals surface area contributed by atoms with Crippen LogP contribution in [-0.2, 0) is 4.79 Å². The first-order chi connectivity index (χ1) is 8.58. The number of rotatable bonds is 6. The van der Waals surface area contributed by atoms with Crippen molar-refractivity contribution in [3.63, 3.8) is 0 Å². The van der Waals surface area contributed by atoms with Gasteiger partial charge in [0.05, 0.1) is 12.5 Å². The van der Waals surface area contributed by atoms with Crippen molar-refractivity contribution in [1.29, 1.82) is 0 Å². The number of carboxylic acid groups (broad SMARTS) is 1. The summed E-state index contributed by atoms with van der Waals surface area (Å²) in [7, 11) is 0. The van der Waals surface area contributed by atoms with Crippen LogP contribution in [0.1, 0.15) is 19.3 Å². The van der Waals surface area contributed by atoms with Gasteiger partial charge in [-0.05, 0) is 19.3 Å². The molecular formula is C12H20N2O4. The largest absolute Gasteiger partial charge is 0.481 e. The molecule has 0 aromatic rings. The standard InChI is InChI=1S/C12H20N2O4/c1-2-5-14(6-7-15)12(18)13-10-4-3-9(8-10)11(16)17/h2,9-10,15H,1,3-8H2,(H,13,18)(H,16,17). The summed E-state index contributed by atoms with van der Waals surface area (Å²) in [6, 6.07) is -0.371. The van der Waals surface area contributed by atoms with E-state index in [1.807, 2.05) is 0 Å². The molecule has 6 nitrogen and oxygen atoms in total. The highest BCUT2D eigenvalue weighted by molar-refractivity contribution is 5.75. The van der Waals surface area contributed by atoms with E-state index in [0.717, 1.165) is 0 Å². The van der Waals surface area contributed by atoms with Crippen LogP contribution in [0.15, 0.2) is 12.7 Å². The molecule has 6 heteroatoms. The van der Waals surface area contributed by atoms with Crippen LogP contribution in [0, 0.1) is 5.92 Å². The van der Waals surface area contributed by atoms with E-state index in [0.29, 0.717) is 25.8 Å². The highest BCUT2D eigenvalue weighted by Crippen LogP contribution is 2.25. The van der Waals surface area contributed by atoms with Crippen LogP contribution in [0.25, 0.3) is 0 Å². The van der Waals surface area contributed by atoms with Gasteiger partial charge in [0.1, 0.15) is 0 Å². The Morgan fingerprint density at radius 3 is 2.67 bits per heavy atom. The van der Waals surface area contributed by atoms with E-state index in [2.05, 4.69) is 11.9 Å². The molecule has 0 aliphatic heterocycles. The predicted octanol–water partition coefficient (Wildman–Crippen LogP) is 0.430. The van der Waals surface area contributed by atoms with E-state index in [-0.39, 0.29) is 31.1 Å². The summed E-state index contributed by atoms with van der Waals surface area (Å²) >= 11 is 0. The van der Waals surface area contributed by atoms with Gasteiger partial charge in [0.15, 0.2) is 0 Å². The van der Waals surface area contributed by atoms with Crippen LogP contribution < -0.4 is 5.32 Å². The number of nitrogens with one attached hydrogen (secondary N) is 1. The number of hydrogen-bond donors (Lipinski definition) is 3. The Balaban J connectivity index is 2.43. The van der Waals surface area contributed by atoms with Crippen molar-refractivity contribution in [3.05, 3.63) is 12.7 Å². The van der Waals surface area contributed by atoms with Crippen molar-refractivity contribution in [2.45, 2.75) is 25.3 Å². The van der Waals surface area contributed by atoms with Gasteiger partial charge in [-0.1, -0.05) is 6.08 Å². The van der Waals surface area contributed by atoms with Crippen molar-refractivity contribution >= 4 is 12.0 Å². The van der Waals surface area contributed by atoms with Crippen LogP contribution in [0.5, 0.6) is 0 Å². The van der Waals surface area contributed by atoms with Gasteiger partial charge in [-0.15, -0.1) is 6.58 Å². The maximum Gasteiger partial charge on any atom is 0.317 e. The summed E-state index contributed by atoms with van der Waals surface area (Å²) in [4.78, 5) is 24.1. The topological polar surface area (TPSA) is 89.9 Å². The normalized spacial score (nSPS) is 22.5. The molecule has 1 rings (SSSR count). The molecule has 0 saturated heterocycles. The van der Waals surface area contributed by atoms with Crippen LogP contribution in [-0.4, -0.2) is 52.9 Å². The minimum absolute atomic E-state index is 0.0930. The SMILES string of the molecule is C=CCN(CCO)C(=O)NC1CCC(C(=O)O)C1. The van der Waals surface area contributed by atoms with Gasteiger partial charge in [-0.3, -0.25) is 4.79 Å². The van der Waals surface area contributed by atoms with E-state index >= 15 is 0 Å². The molecule has 3 N–H and O–H groups in total. The highest BCUT2D eigenvalue weighted by atomic mass is 16.4. The zero-order valence-electron chi connectivity index (χ0n) is 10.3. The molecule has 1 saturated carbocycles. The minimum atomic E-state index is -0.801. The fraction of sp³-hybridized carbons (Fsp3) is 0.667. The van der Waals surface area contributed by atoms with Gasteiger partial charge in [-0.25, -0.2) is 4.79 Å². The maximum atomic E-state index is 11.9. The number of aliphatic hydroxyl groups is 1. The summed E-state index contributed by atoms with van der Waals surface area (Å²) in [6.07, 6.45) is 3.34. The molecule has 2 unspecified atom stereocenters. The Kier molecular flexibility index (Phi) is 5.64. The molecule has 0 bridgehead atoms. The Labute approximate surface area is 106 Å². The van der Waals surface area contributed by atoms with Crippen molar-refractivity contribution in [2.24, 2.45) is 5.92 Å². The van der Waals surface area contributed by atoms with Crippen LogP contribution in [0.2, 0.25) is 0 Å². The van der Waals surface area contributed by atoms with Gasteiger partial charge in [0, 0.05) is 19.1 Å². The third-order valence-corrected chi connectivity index (χ3v) is 3.12. The third kappa shape index (κ3) is 4.03. The number of amides is 2. The quantitative estimate of drug-likeness (QED) is 0.601. The second-order valence-electron chi connectivity index (χ2n) is 4.45. The average Bonchev–Trinajstić information content (AvgIpc) is 2.77. The predicted molar refractivity (Wildman–Crippen MR) is 66.2 cm³/mol. The van der Waals surface area contributed by atoms with E-state index in [1.54, 1.807) is 6.08 Å². The summed E-state index contributed by atoms with van der Waals surface area (Å²) in [6.45, 7) is 4.05. The Morgan fingerprint density at radius 2 is 2.17 bits per heavy atom. The number of carbonyl (C=O) groups excluding carboxylic acids is 1. The molecule has 18 heavy (non-hydrogen) atoms. The van der Waals surface area contributed by atoms with Crippen LogP contribution in [0.4, 0.5) is 4.79 Å². The fourth-order valence-electron chi connectivity index (χ4n) is 2.16. The van der Waals surface area contributed by atoms with Gasteiger partial charge in [0.25, 0.3) is 0 Å². The first-order valence-corrected chi connectivity index (χ1v) is 6.08. The van der Waals surface area contributed by atoms with Crippen molar-refractivity contribution < 1.29 is 19.8 Å². The molecule has 0 heterocycles. The molecule has 1 fully saturated rings. The summed E-state index contributed by atoms with van der Waals surface area (Å²) < 4.78 is 0. The molecule has 1 aliphatic carbocycles. The van der Waals surface area contributed by atoms with Gasteiger partial charge < -0.3 is 20.4 Å². The lowest BCUT2D eigenvalue weighted by molar-refractivity contribution is -0.141. The monoisotopic (exact) mass is 256 g/mol. The molecule has 102 valence electrons. The second kappa shape index (κ2) is 7.00. The zero-order chi connectivity index (χ0) is 13.5. The Bertz CT molecular complexity index is 319. The first kappa shape index (κ1) is 14.5. The number of nitrogens with zero attached hydrogens (tertiary/aromatic N) is 1. The van der Waals surface area contributed by atoms with E-state index in [9.17, 15) is 9.59 Å². The van der Waals surface area contributed by atoms with E-state index in [1.165, 1.54) is 4.90 Å². The lowest BCUT2D eigenvalue weighted by Gasteiger charge is -2.23. The van der Waals surface area contributed by atoms with Crippen molar-refractivity contribution in [1.82, 2.24) is 10.2 Å². The van der Waals surface area contributed by atoms with Crippen LogP contribution in [0.3, 0.4) is 0 Å². The summed E-state index contributed by atoms with van der Waals surface area (Å²) in [5, 5.41) is 20.5. The molecule has 0 radical (unpaired) electrons. The van der Waals surface area contributed by atoms with Crippen molar-refractivity contribution in [3.8, 4) is 0 Å². The molecule has 1 aliphatic rings. The Morgan fingerprint density at radius 1 is 1.44 bits per heavy atom. The molecule has 0 aromatic carbocycles. The number of carbonyl (C=O) groups is 2. The zero-order valence-corrected chi connectivity index (χ0v) is 10.3.